The van der Waals surface area contributed by atoms with Gasteiger partial charge in [-0.1, -0.05) is 12.1 Å². The van der Waals surface area contributed by atoms with E-state index in [1.54, 1.807) is 11.0 Å². The zero-order chi connectivity index (χ0) is 12.3. The molecular weight excluding hydrogens is 327 g/mol. The third-order valence-corrected chi connectivity index (χ3v) is 3.30. The van der Waals surface area contributed by atoms with Crippen LogP contribution in [0.15, 0.2) is 30.6 Å². The lowest BCUT2D eigenvalue weighted by Crippen LogP contribution is -2.19. The Morgan fingerprint density at radius 3 is 2.65 bits per heavy atom. The molecule has 1 N–H and O–H groups in total. The average Bonchev–Trinajstić information content (AvgIpc) is 2.73. The number of aromatic nitrogens is 3. The first kappa shape index (κ1) is 12.5. The Morgan fingerprint density at radius 2 is 2.06 bits per heavy atom. The van der Waals surface area contributed by atoms with Crippen LogP contribution in [-0.4, -0.2) is 14.8 Å². The minimum Gasteiger partial charge on any atom is -0.303 e. The molecule has 1 aromatic heterocycles. The highest BCUT2D eigenvalue weighted by molar-refractivity contribution is 14.1. The predicted octanol–water partition coefficient (Wildman–Crippen LogP) is 2.27. The van der Waals surface area contributed by atoms with E-state index < -0.39 is 0 Å². The number of aryl methyl sites for hydroxylation is 1. The molecule has 17 heavy (non-hydrogen) atoms. The van der Waals surface area contributed by atoms with E-state index in [1.165, 1.54) is 9.13 Å². The number of benzene rings is 1. The molecule has 2 aromatic rings. The number of hydrogen-bond donors (Lipinski definition) is 1. The van der Waals surface area contributed by atoms with E-state index in [0.717, 1.165) is 5.82 Å². The fourth-order valence-corrected chi connectivity index (χ4v) is 1.94. The minimum atomic E-state index is 0.302. The largest absolute Gasteiger partial charge is 0.303 e. The molecule has 2 rings (SSSR count). The molecule has 5 heteroatoms. The van der Waals surface area contributed by atoms with Gasteiger partial charge in [-0.2, -0.15) is 5.10 Å². The first-order valence-corrected chi connectivity index (χ1v) is 6.56. The van der Waals surface area contributed by atoms with Gasteiger partial charge in [0, 0.05) is 16.7 Å². The van der Waals surface area contributed by atoms with Gasteiger partial charge in [-0.3, -0.25) is 4.68 Å². The van der Waals surface area contributed by atoms with E-state index in [2.05, 4.69) is 69.2 Å². The summed E-state index contributed by atoms with van der Waals surface area (Å²) >= 11 is 2.31. The van der Waals surface area contributed by atoms with Crippen molar-refractivity contribution in [3.8, 4) is 0 Å². The molecule has 0 spiro atoms. The fourth-order valence-electron chi connectivity index (χ4n) is 1.58. The van der Waals surface area contributed by atoms with Gasteiger partial charge in [0.1, 0.15) is 6.33 Å². The SMILES string of the molecule is CC(NCc1ncn(C)n1)c1ccc(I)cc1. The van der Waals surface area contributed by atoms with Crippen molar-refractivity contribution in [1.82, 2.24) is 20.1 Å². The third-order valence-electron chi connectivity index (χ3n) is 2.58. The van der Waals surface area contributed by atoms with Crippen molar-refractivity contribution in [2.24, 2.45) is 7.05 Å². The standard InChI is InChI=1S/C12H15IN4/c1-9(10-3-5-11(13)6-4-10)14-7-12-15-8-17(2)16-12/h3-6,8-9,14H,7H2,1-2H3. The Bertz CT molecular complexity index is 478. The molecule has 0 saturated carbocycles. The fraction of sp³-hybridized carbons (Fsp3) is 0.333. The first-order valence-electron chi connectivity index (χ1n) is 5.48. The summed E-state index contributed by atoms with van der Waals surface area (Å²) in [5, 5.41) is 7.64. The molecule has 0 amide bonds. The highest BCUT2D eigenvalue weighted by Gasteiger charge is 2.06. The average molecular weight is 342 g/mol. The monoisotopic (exact) mass is 342 g/mol. The Labute approximate surface area is 115 Å². The van der Waals surface area contributed by atoms with E-state index in [9.17, 15) is 0 Å². The quantitative estimate of drug-likeness (QED) is 0.867. The second kappa shape index (κ2) is 5.59. The van der Waals surface area contributed by atoms with Crippen LogP contribution in [0.25, 0.3) is 0 Å². The molecule has 0 radical (unpaired) electrons. The van der Waals surface area contributed by atoms with Gasteiger partial charge in [-0.25, -0.2) is 4.98 Å². The summed E-state index contributed by atoms with van der Waals surface area (Å²) in [5.41, 5.74) is 1.28. The lowest BCUT2D eigenvalue weighted by atomic mass is 10.1. The molecule has 1 atom stereocenters. The van der Waals surface area contributed by atoms with E-state index >= 15 is 0 Å². The number of nitrogens with one attached hydrogen (secondary N) is 1. The molecule has 0 aliphatic rings. The van der Waals surface area contributed by atoms with Gasteiger partial charge in [0.15, 0.2) is 5.82 Å². The van der Waals surface area contributed by atoms with Crippen molar-refractivity contribution in [2.45, 2.75) is 19.5 Å². The highest BCUT2D eigenvalue weighted by Crippen LogP contribution is 2.14. The van der Waals surface area contributed by atoms with Crippen molar-refractivity contribution >= 4 is 22.6 Å². The lowest BCUT2D eigenvalue weighted by molar-refractivity contribution is 0.556. The van der Waals surface area contributed by atoms with Crippen LogP contribution < -0.4 is 5.32 Å². The molecule has 4 nitrogen and oxygen atoms in total. The summed E-state index contributed by atoms with van der Waals surface area (Å²) in [4.78, 5) is 4.18. The third kappa shape index (κ3) is 3.50. The lowest BCUT2D eigenvalue weighted by Gasteiger charge is -2.12. The number of nitrogens with zero attached hydrogens (tertiary/aromatic N) is 3. The summed E-state index contributed by atoms with van der Waals surface area (Å²) in [6.07, 6.45) is 1.71. The maximum absolute atomic E-state index is 4.23. The number of halogens is 1. The van der Waals surface area contributed by atoms with Crippen LogP contribution in [0.4, 0.5) is 0 Å². The van der Waals surface area contributed by atoms with Crippen LogP contribution in [-0.2, 0) is 13.6 Å². The minimum absolute atomic E-state index is 0.302. The van der Waals surface area contributed by atoms with Crippen molar-refractivity contribution in [3.05, 3.63) is 45.6 Å². The van der Waals surface area contributed by atoms with Gasteiger partial charge >= 0.3 is 0 Å². The van der Waals surface area contributed by atoms with Gasteiger partial charge in [-0.15, -0.1) is 0 Å². The van der Waals surface area contributed by atoms with Crippen LogP contribution in [0.1, 0.15) is 24.4 Å². The van der Waals surface area contributed by atoms with Gasteiger partial charge in [0.05, 0.1) is 6.54 Å². The van der Waals surface area contributed by atoms with Crippen molar-refractivity contribution in [3.63, 3.8) is 0 Å². The van der Waals surface area contributed by atoms with Gasteiger partial charge in [0.25, 0.3) is 0 Å². The molecular formula is C12H15IN4. The Hall–Kier alpha value is -0.950. The molecule has 0 aliphatic carbocycles. The molecule has 1 heterocycles. The number of rotatable bonds is 4. The van der Waals surface area contributed by atoms with Crippen LogP contribution in [0, 0.1) is 3.57 Å². The maximum Gasteiger partial charge on any atom is 0.164 e. The Kier molecular flexibility index (Phi) is 4.11. The molecule has 0 fully saturated rings. The summed E-state index contributed by atoms with van der Waals surface area (Å²) in [7, 11) is 1.87. The Morgan fingerprint density at radius 1 is 1.35 bits per heavy atom. The topological polar surface area (TPSA) is 42.7 Å². The summed E-state index contributed by atoms with van der Waals surface area (Å²) in [5.74, 6) is 0.824. The molecule has 0 saturated heterocycles. The van der Waals surface area contributed by atoms with E-state index in [-0.39, 0.29) is 0 Å². The molecule has 1 aromatic carbocycles. The van der Waals surface area contributed by atoms with E-state index in [4.69, 9.17) is 0 Å². The smallest absolute Gasteiger partial charge is 0.164 e. The van der Waals surface area contributed by atoms with Crippen LogP contribution in [0.3, 0.4) is 0 Å². The summed E-state index contributed by atoms with van der Waals surface area (Å²) < 4.78 is 2.97. The second-order valence-corrected chi connectivity index (χ2v) is 5.23. The van der Waals surface area contributed by atoms with Crippen LogP contribution >= 0.6 is 22.6 Å². The highest BCUT2D eigenvalue weighted by atomic mass is 127. The normalized spacial score (nSPS) is 12.6. The second-order valence-electron chi connectivity index (χ2n) is 3.99. The van der Waals surface area contributed by atoms with Gasteiger partial charge in [0.2, 0.25) is 0 Å². The molecule has 1 unspecified atom stereocenters. The molecule has 90 valence electrons. The predicted molar refractivity (Wildman–Crippen MR) is 75.4 cm³/mol. The maximum atomic E-state index is 4.23. The van der Waals surface area contributed by atoms with Gasteiger partial charge in [-0.05, 0) is 47.2 Å². The van der Waals surface area contributed by atoms with Gasteiger partial charge < -0.3 is 5.32 Å². The summed E-state index contributed by atoms with van der Waals surface area (Å²) in [6, 6.07) is 8.83. The Balaban J connectivity index is 1.93. The van der Waals surface area contributed by atoms with E-state index in [0.29, 0.717) is 12.6 Å². The zero-order valence-electron chi connectivity index (χ0n) is 9.89. The zero-order valence-corrected chi connectivity index (χ0v) is 12.0. The molecule has 0 aliphatic heterocycles. The van der Waals surface area contributed by atoms with Crippen LogP contribution in [0.2, 0.25) is 0 Å². The van der Waals surface area contributed by atoms with Crippen LogP contribution in [0.5, 0.6) is 0 Å². The molecule has 0 bridgehead atoms. The van der Waals surface area contributed by atoms with E-state index in [1.807, 2.05) is 7.05 Å². The van der Waals surface area contributed by atoms with Crippen molar-refractivity contribution in [2.75, 3.05) is 0 Å². The van der Waals surface area contributed by atoms with Crippen molar-refractivity contribution in [1.29, 1.82) is 0 Å². The number of hydrogen-bond acceptors (Lipinski definition) is 3. The first-order chi connectivity index (χ1) is 8.15. The van der Waals surface area contributed by atoms with Crippen molar-refractivity contribution < 1.29 is 0 Å². The summed E-state index contributed by atoms with van der Waals surface area (Å²) in [6.45, 7) is 2.83.